The van der Waals surface area contributed by atoms with Crippen molar-refractivity contribution in [3.63, 3.8) is 0 Å². The Morgan fingerprint density at radius 1 is 1.00 bits per heavy atom. The van der Waals surface area contributed by atoms with Gasteiger partial charge in [-0.05, 0) is 23.6 Å². The van der Waals surface area contributed by atoms with E-state index >= 15 is 0 Å². The Morgan fingerprint density at radius 3 is 2.52 bits per heavy atom. The number of rotatable bonds is 5. The lowest BCUT2D eigenvalue weighted by molar-refractivity contribution is -0.114. The molecule has 29 heavy (non-hydrogen) atoms. The summed E-state index contributed by atoms with van der Waals surface area (Å²) in [6.07, 6.45) is 1.06. The summed E-state index contributed by atoms with van der Waals surface area (Å²) >= 11 is 0. The van der Waals surface area contributed by atoms with Crippen LogP contribution in [-0.4, -0.2) is 40.3 Å². The van der Waals surface area contributed by atoms with Gasteiger partial charge in [0.2, 0.25) is 15.9 Å². The van der Waals surface area contributed by atoms with Gasteiger partial charge in [-0.15, -0.1) is 0 Å². The number of sulfonamides is 1. The lowest BCUT2D eigenvalue weighted by Gasteiger charge is -2.24. The highest BCUT2D eigenvalue weighted by Crippen LogP contribution is 2.34. The van der Waals surface area contributed by atoms with Crippen molar-refractivity contribution in [3.05, 3.63) is 60.7 Å². The quantitative estimate of drug-likeness (QED) is 0.696. The first-order chi connectivity index (χ1) is 13.9. The van der Waals surface area contributed by atoms with Crippen molar-refractivity contribution < 1.29 is 22.7 Å². The minimum absolute atomic E-state index is 0.338. The summed E-state index contributed by atoms with van der Waals surface area (Å²) in [5, 5.41) is 4.68. The Balaban J connectivity index is 1.59. The molecule has 0 saturated carbocycles. The maximum absolute atomic E-state index is 12.7. The van der Waals surface area contributed by atoms with Crippen molar-refractivity contribution in [3.8, 4) is 11.5 Å². The molecule has 1 aliphatic rings. The zero-order valence-electron chi connectivity index (χ0n) is 15.8. The number of amides is 1. The Bertz CT molecular complexity index is 1170. The highest BCUT2D eigenvalue weighted by atomic mass is 32.2. The normalized spacial score (nSPS) is 13.1. The number of hydrogen-bond acceptors (Lipinski definition) is 5. The van der Waals surface area contributed by atoms with Crippen LogP contribution >= 0.6 is 0 Å². The minimum Gasteiger partial charge on any atom is -0.486 e. The SMILES string of the molecule is CS(=O)(=O)N(CC(=O)Nc1cccc2ccccc12)c1ccc2c(c1)OCCO2. The third-order valence-electron chi connectivity index (χ3n) is 4.57. The first-order valence-electron chi connectivity index (χ1n) is 9.07. The molecule has 3 aromatic carbocycles. The van der Waals surface area contributed by atoms with Gasteiger partial charge in [-0.2, -0.15) is 0 Å². The van der Waals surface area contributed by atoms with Gasteiger partial charge in [0, 0.05) is 17.1 Å². The van der Waals surface area contributed by atoms with Crippen molar-refractivity contribution in [1.29, 1.82) is 0 Å². The van der Waals surface area contributed by atoms with Gasteiger partial charge in [0.1, 0.15) is 19.8 Å². The number of carbonyl (C=O) groups excluding carboxylic acids is 1. The second kappa shape index (κ2) is 7.63. The molecule has 0 unspecified atom stereocenters. The smallest absolute Gasteiger partial charge is 0.245 e. The van der Waals surface area contributed by atoms with E-state index in [1.807, 2.05) is 36.4 Å². The third kappa shape index (κ3) is 4.12. The second-order valence-electron chi connectivity index (χ2n) is 6.67. The Labute approximate surface area is 168 Å². The average Bonchev–Trinajstić information content (AvgIpc) is 2.71. The molecule has 1 N–H and O–H groups in total. The number of ether oxygens (including phenoxy) is 2. The molecule has 0 aliphatic carbocycles. The van der Waals surface area contributed by atoms with Crippen LogP contribution in [0.5, 0.6) is 11.5 Å². The number of anilines is 2. The van der Waals surface area contributed by atoms with Crippen molar-refractivity contribution in [2.75, 3.05) is 35.6 Å². The number of fused-ring (bicyclic) bond motifs is 2. The first-order valence-corrected chi connectivity index (χ1v) is 10.9. The van der Waals surface area contributed by atoms with E-state index in [0.717, 1.165) is 21.3 Å². The molecule has 8 heteroatoms. The van der Waals surface area contributed by atoms with Crippen molar-refractivity contribution in [2.45, 2.75) is 0 Å². The van der Waals surface area contributed by atoms with Gasteiger partial charge in [-0.25, -0.2) is 8.42 Å². The van der Waals surface area contributed by atoms with Crippen molar-refractivity contribution >= 4 is 38.1 Å². The molecule has 1 heterocycles. The summed E-state index contributed by atoms with van der Waals surface area (Å²) in [4.78, 5) is 12.7. The van der Waals surface area contributed by atoms with Gasteiger partial charge in [0.15, 0.2) is 11.5 Å². The predicted molar refractivity (Wildman–Crippen MR) is 112 cm³/mol. The molecule has 0 bridgehead atoms. The zero-order chi connectivity index (χ0) is 20.4. The number of hydrogen-bond donors (Lipinski definition) is 1. The van der Waals surface area contributed by atoms with Crippen LogP contribution in [0.15, 0.2) is 60.7 Å². The second-order valence-corrected chi connectivity index (χ2v) is 8.58. The fraction of sp³-hybridized carbons (Fsp3) is 0.190. The Morgan fingerprint density at radius 2 is 1.72 bits per heavy atom. The zero-order valence-corrected chi connectivity index (χ0v) is 16.6. The lowest BCUT2D eigenvalue weighted by atomic mass is 10.1. The maximum Gasteiger partial charge on any atom is 0.245 e. The van der Waals surface area contributed by atoms with E-state index in [-0.39, 0.29) is 6.54 Å². The molecule has 4 rings (SSSR count). The maximum atomic E-state index is 12.7. The first kappa shape index (κ1) is 19.1. The summed E-state index contributed by atoms with van der Waals surface area (Å²) in [6.45, 7) is 0.466. The standard InChI is InChI=1S/C21H20N2O5S/c1-29(25,26)23(16-9-10-19-20(13-16)28-12-11-27-19)14-21(24)22-18-8-4-6-15-5-2-3-7-17(15)18/h2-10,13H,11-12,14H2,1H3,(H,22,24). The molecule has 1 aliphatic heterocycles. The van der Waals surface area contributed by atoms with Crippen molar-refractivity contribution in [2.24, 2.45) is 0 Å². The Kier molecular flexibility index (Phi) is 5.02. The van der Waals surface area contributed by atoms with E-state index in [0.29, 0.717) is 36.1 Å². The number of benzene rings is 3. The van der Waals surface area contributed by atoms with Gasteiger partial charge in [-0.3, -0.25) is 9.10 Å². The molecule has 0 spiro atoms. The Hall–Kier alpha value is -3.26. The molecule has 0 fully saturated rings. The van der Waals surface area contributed by atoms with E-state index in [2.05, 4.69) is 5.32 Å². The van der Waals surface area contributed by atoms with Crippen LogP contribution in [0.4, 0.5) is 11.4 Å². The van der Waals surface area contributed by atoms with Crippen molar-refractivity contribution in [1.82, 2.24) is 0 Å². The lowest BCUT2D eigenvalue weighted by Crippen LogP contribution is -2.37. The summed E-state index contributed by atoms with van der Waals surface area (Å²) in [5.41, 5.74) is 0.966. The van der Waals surface area contributed by atoms with Crippen LogP contribution in [0, 0.1) is 0 Å². The molecule has 3 aromatic rings. The van der Waals surface area contributed by atoms with Gasteiger partial charge < -0.3 is 14.8 Å². The van der Waals surface area contributed by atoms with Gasteiger partial charge in [0.05, 0.1) is 11.9 Å². The summed E-state index contributed by atoms with van der Waals surface area (Å²) in [5.74, 6) is 0.562. The molecule has 0 aromatic heterocycles. The molecule has 0 atom stereocenters. The largest absolute Gasteiger partial charge is 0.486 e. The van der Waals surface area contributed by atoms with Crippen LogP contribution in [-0.2, 0) is 14.8 Å². The monoisotopic (exact) mass is 412 g/mol. The van der Waals surface area contributed by atoms with Gasteiger partial charge in [-0.1, -0.05) is 36.4 Å². The van der Waals surface area contributed by atoms with E-state index in [9.17, 15) is 13.2 Å². The van der Waals surface area contributed by atoms with Crippen LogP contribution in [0.3, 0.4) is 0 Å². The topological polar surface area (TPSA) is 84.9 Å². The van der Waals surface area contributed by atoms with Crippen LogP contribution in [0.1, 0.15) is 0 Å². The van der Waals surface area contributed by atoms with Crippen LogP contribution in [0.2, 0.25) is 0 Å². The van der Waals surface area contributed by atoms with Gasteiger partial charge in [0.25, 0.3) is 0 Å². The molecular weight excluding hydrogens is 392 g/mol. The third-order valence-corrected chi connectivity index (χ3v) is 5.71. The van der Waals surface area contributed by atoms with Crippen LogP contribution in [0.25, 0.3) is 10.8 Å². The minimum atomic E-state index is -3.70. The highest BCUT2D eigenvalue weighted by Gasteiger charge is 2.23. The fourth-order valence-corrected chi connectivity index (χ4v) is 4.09. The summed E-state index contributed by atoms with van der Waals surface area (Å²) < 4.78 is 36.8. The molecule has 1 amide bonds. The fourth-order valence-electron chi connectivity index (χ4n) is 3.24. The predicted octanol–water partition coefficient (Wildman–Crippen LogP) is 3.02. The van der Waals surface area contributed by atoms with E-state index < -0.39 is 15.9 Å². The molecule has 7 nitrogen and oxygen atoms in total. The molecule has 0 radical (unpaired) electrons. The average molecular weight is 412 g/mol. The number of nitrogens with zero attached hydrogens (tertiary/aromatic N) is 1. The highest BCUT2D eigenvalue weighted by molar-refractivity contribution is 7.92. The summed E-state index contributed by atoms with van der Waals surface area (Å²) in [6, 6.07) is 18.0. The van der Waals surface area contributed by atoms with Gasteiger partial charge >= 0.3 is 0 Å². The molecule has 150 valence electrons. The van der Waals surface area contributed by atoms with Crippen LogP contribution < -0.4 is 19.1 Å². The van der Waals surface area contributed by atoms with E-state index in [4.69, 9.17) is 9.47 Å². The summed E-state index contributed by atoms with van der Waals surface area (Å²) in [7, 11) is -3.70. The van der Waals surface area contributed by atoms with E-state index in [1.165, 1.54) is 0 Å². The number of carbonyl (C=O) groups is 1. The number of nitrogens with one attached hydrogen (secondary N) is 1. The molecule has 0 saturated heterocycles. The molecular formula is C21H20N2O5S. The van der Waals surface area contributed by atoms with E-state index in [1.54, 1.807) is 24.3 Å².